The second kappa shape index (κ2) is 4.06. The molecule has 0 radical (unpaired) electrons. The molecule has 1 saturated heterocycles. The molecular weight excluding hydrogens is 196 g/mol. The van der Waals surface area contributed by atoms with Crippen LogP contribution in [0.3, 0.4) is 0 Å². The summed E-state index contributed by atoms with van der Waals surface area (Å²) in [6.07, 6.45) is 2.09. The highest BCUT2D eigenvalue weighted by Gasteiger charge is 2.27. The summed E-state index contributed by atoms with van der Waals surface area (Å²) in [6.45, 7) is 4.68. The molecule has 0 amide bonds. The molecule has 0 unspecified atom stereocenters. The summed E-state index contributed by atoms with van der Waals surface area (Å²) in [5, 5.41) is 10.4. The van der Waals surface area contributed by atoms with Crippen LogP contribution in [-0.2, 0) is 4.74 Å². The van der Waals surface area contributed by atoms with Crippen LogP contribution in [0.15, 0.2) is 4.42 Å². The van der Waals surface area contributed by atoms with Gasteiger partial charge in [0.25, 0.3) is 0 Å². The molecule has 0 bridgehead atoms. The van der Waals surface area contributed by atoms with E-state index in [1.807, 2.05) is 0 Å². The first kappa shape index (κ1) is 10.2. The Bertz CT molecular complexity index is 320. The Balaban J connectivity index is 1.86. The van der Waals surface area contributed by atoms with Crippen LogP contribution in [0.5, 0.6) is 0 Å². The normalized spacial score (nSPS) is 20.1. The SMILES string of the molecule is CC1(CNc2nnc(N)o2)CCOCC1. The van der Waals surface area contributed by atoms with E-state index < -0.39 is 0 Å². The van der Waals surface area contributed by atoms with Crippen LogP contribution < -0.4 is 11.1 Å². The minimum atomic E-state index is 0.0923. The number of anilines is 2. The van der Waals surface area contributed by atoms with Crippen LogP contribution in [0.4, 0.5) is 12.0 Å². The molecule has 0 saturated carbocycles. The molecule has 0 atom stereocenters. The van der Waals surface area contributed by atoms with E-state index in [-0.39, 0.29) is 11.4 Å². The lowest BCUT2D eigenvalue weighted by atomic mass is 9.82. The monoisotopic (exact) mass is 212 g/mol. The van der Waals surface area contributed by atoms with Crippen LogP contribution in [0.2, 0.25) is 0 Å². The van der Waals surface area contributed by atoms with E-state index >= 15 is 0 Å². The summed E-state index contributed by atoms with van der Waals surface area (Å²) in [6, 6.07) is 0.481. The zero-order valence-corrected chi connectivity index (χ0v) is 8.82. The summed E-state index contributed by atoms with van der Waals surface area (Å²) in [7, 11) is 0. The molecule has 15 heavy (non-hydrogen) atoms. The number of hydrogen-bond acceptors (Lipinski definition) is 6. The van der Waals surface area contributed by atoms with Crippen molar-refractivity contribution in [1.82, 2.24) is 10.2 Å². The van der Waals surface area contributed by atoms with E-state index in [2.05, 4.69) is 22.4 Å². The molecule has 2 heterocycles. The molecular formula is C9H16N4O2. The van der Waals surface area contributed by atoms with Gasteiger partial charge in [0, 0.05) is 19.8 Å². The molecule has 6 heteroatoms. The predicted molar refractivity (Wildman–Crippen MR) is 55.4 cm³/mol. The third-order valence-electron chi connectivity index (χ3n) is 2.81. The smallest absolute Gasteiger partial charge is 0.316 e. The maximum absolute atomic E-state index is 5.32. The maximum atomic E-state index is 5.32. The average Bonchev–Trinajstić information content (AvgIpc) is 2.63. The topological polar surface area (TPSA) is 86.2 Å². The number of nitrogens with zero attached hydrogens (tertiary/aromatic N) is 2. The number of ether oxygens (including phenoxy) is 1. The average molecular weight is 212 g/mol. The number of aromatic nitrogens is 2. The van der Waals surface area contributed by atoms with Gasteiger partial charge < -0.3 is 20.2 Å². The summed E-state index contributed by atoms with van der Waals surface area (Å²) in [5.41, 5.74) is 5.56. The lowest BCUT2D eigenvalue weighted by molar-refractivity contribution is 0.0298. The van der Waals surface area contributed by atoms with Gasteiger partial charge in [-0.2, -0.15) is 0 Å². The maximum Gasteiger partial charge on any atom is 0.316 e. The van der Waals surface area contributed by atoms with Crippen LogP contribution in [-0.4, -0.2) is 30.0 Å². The van der Waals surface area contributed by atoms with Crippen molar-refractivity contribution in [2.45, 2.75) is 19.8 Å². The lowest BCUT2D eigenvalue weighted by Gasteiger charge is -2.33. The Kier molecular flexibility index (Phi) is 2.77. The minimum Gasteiger partial charge on any atom is -0.390 e. The Labute approximate surface area is 88.2 Å². The van der Waals surface area contributed by atoms with Gasteiger partial charge >= 0.3 is 12.0 Å². The van der Waals surface area contributed by atoms with E-state index in [0.717, 1.165) is 32.6 Å². The molecule has 0 aliphatic carbocycles. The third-order valence-corrected chi connectivity index (χ3v) is 2.81. The van der Waals surface area contributed by atoms with Crippen molar-refractivity contribution in [2.75, 3.05) is 30.8 Å². The number of rotatable bonds is 3. The number of nitrogens with one attached hydrogen (secondary N) is 1. The van der Waals surface area contributed by atoms with Crippen molar-refractivity contribution in [3.63, 3.8) is 0 Å². The van der Waals surface area contributed by atoms with E-state index in [9.17, 15) is 0 Å². The van der Waals surface area contributed by atoms with E-state index in [1.54, 1.807) is 0 Å². The van der Waals surface area contributed by atoms with Gasteiger partial charge in [0.15, 0.2) is 0 Å². The summed E-state index contributed by atoms with van der Waals surface area (Å²) < 4.78 is 10.4. The van der Waals surface area contributed by atoms with Crippen LogP contribution >= 0.6 is 0 Å². The van der Waals surface area contributed by atoms with Crippen molar-refractivity contribution >= 4 is 12.0 Å². The van der Waals surface area contributed by atoms with Crippen molar-refractivity contribution in [2.24, 2.45) is 5.41 Å². The van der Waals surface area contributed by atoms with Gasteiger partial charge in [-0.3, -0.25) is 0 Å². The van der Waals surface area contributed by atoms with Crippen LogP contribution in [0.1, 0.15) is 19.8 Å². The van der Waals surface area contributed by atoms with Crippen molar-refractivity contribution < 1.29 is 9.15 Å². The van der Waals surface area contributed by atoms with Gasteiger partial charge in [0.2, 0.25) is 0 Å². The van der Waals surface area contributed by atoms with Crippen molar-refractivity contribution in [3.05, 3.63) is 0 Å². The van der Waals surface area contributed by atoms with Gasteiger partial charge in [-0.1, -0.05) is 17.1 Å². The summed E-state index contributed by atoms with van der Waals surface area (Å²) in [4.78, 5) is 0. The fourth-order valence-electron chi connectivity index (χ4n) is 1.64. The number of nitrogen functional groups attached to an aromatic ring is 1. The molecule has 2 rings (SSSR count). The third kappa shape index (κ3) is 2.59. The highest BCUT2D eigenvalue weighted by molar-refractivity contribution is 5.22. The zero-order chi connectivity index (χ0) is 10.7. The summed E-state index contributed by atoms with van der Waals surface area (Å²) in [5.74, 6) is 0. The number of hydrogen-bond donors (Lipinski definition) is 2. The van der Waals surface area contributed by atoms with Crippen LogP contribution in [0, 0.1) is 5.41 Å². The number of nitrogens with two attached hydrogens (primary N) is 1. The lowest BCUT2D eigenvalue weighted by Crippen LogP contribution is -2.33. The highest BCUT2D eigenvalue weighted by atomic mass is 16.5. The Morgan fingerprint density at radius 3 is 2.73 bits per heavy atom. The first-order valence-corrected chi connectivity index (χ1v) is 5.09. The van der Waals surface area contributed by atoms with Gasteiger partial charge in [-0.15, -0.1) is 0 Å². The van der Waals surface area contributed by atoms with Gasteiger partial charge in [-0.25, -0.2) is 0 Å². The highest BCUT2D eigenvalue weighted by Crippen LogP contribution is 2.29. The zero-order valence-electron chi connectivity index (χ0n) is 8.82. The second-order valence-electron chi connectivity index (χ2n) is 4.22. The molecule has 0 aromatic carbocycles. The molecule has 1 aliphatic heterocycles. The second-order valence-corrected chi connectivity index (χ2v) is 4.22. The molecule has 6 nitrogen and oxygen atoms in total. The Morgan fingerprint density at radius 2 is 2.13 bits per heavy atom. The van der Waals surface area contributed by atoms with Crippen molar-refractivity contribution in [1.29, 1.82) is 0 Å². The molecule has 1 aromatic rings. The first-order chi connectivity index (χ1) is 7.18. The fraction of sp³-hybridized carbons (Fsp3) is 0.778. The quantitative estimate of drug-likeness (QED) is 0.773. The molecule has 84 valence electrons. The van der Waals surface area contributed by atoms with Crippen LogP contribution in [0.25, 0.3) is 0 Å². The van der Waals surface area contributed by atoms with E-state index in [1.165, 1.54) is 0 Å². The molecule has 0 spiro atoms. The summed E-state index contributed by atoms with van der Waals surface area (Å²) >= 11 is 0. The van der Waals surface area contributed by atoms with E-state index in [4.69, 9.17) is 14.9 Å². The Hall–Kier alpha value is -1.30. The van der Waals surface area contributed by atoms with E-state index in [0.29, 0.717) is 6.01 Å². The van der Waals surface area contributed by atoms with Gasteiger partial charge in [0.1, 0.15) is 0 Å². The van der Waals surface area contributed by atoms with Gasteiger partial charge in [-0.05, 0) is 18.3 Å². The largest absolute Gasteiger partial charge is 0.390 e. The Morgan fingerprint density at radius 1 is 1.40 bits per heavy atom. The standard InChI is InChI=1S/C9H16N4O2/c1-9(2-4-14-5-3-9)6-11-8-13-12-7(10)15-8/h2-6H2,1H3,(H2,10,12)(H,11,13). The molecule has 3 N–H and O–H groups in total. The molecule has 1 aromatic heterocycles. The minimum absolute atomic E-state index is 0.0923. The first-order valence-electron chi connectivity index (χ1n) is 5.09. The predicted octanol–water partition coefficient (Wildman–Crippen LogP) is 0.880. The molecule has 1 aliphatic rings. The molecule has 1 fully saturated rings. The van der Waals surface area contributed by atoms with Gasteiger partial charge in [0.05, 0.1) is 0 Å². The fourth-order valence-corrected chi connectivity index (χ4v) is 1.64. The van der Waals surface area contributed by atoms with Crippen molar-refractivity contribution in [3.8, 4) is 0 Å².